The highest BCUT2D eigenvalue weighted by Crippen LogP contribution is 2.32. The largest absolute Gasteiger partial charge is 0.457 e. The molecule has 1 fully saturated rings. The van der Waals surface area contributed by atoms with Crippen molar-refractivity contribution in [2.45, 2.75) is 32.5 Å². The van der Waals surface area contributed by atoms with Gasteiger partial charge in [-0.05, 0) is 38.5 Å². The van der Waals surface area contributed by atoms with Crippen molar-refractivity contribution in [2.24, 2.45) is 0 Å². The van der Waals surface area contributed by atoms with Crippen LogP contribution in [0.4, 0.5) is 35.0 Å². The Morgan fingerprint density at radius 1 is 1.12 bits per heavy atom. The minimum absolute atomic E-state index is 0.0590. The van der Waals surface area contributed by atoms with Gasteiger partial charge in [-0.25, -0.2) is 33.8 Å². The number of rotatable bonds is 5. The highest BCUT2D eigenvalue weighted by Gasteiger charge is 2.27. The van der Waals surface area contributed by atoms with Crippen molar-refractivity contribution in [2.75, 3.05) is 29.9 Å². The second-order valence-corrected chi connectivity index (χ2v) is 10.3. The molecule has 43 heavy (non-hydrogen) atoms. The number of piperazine rings is 1. The molecule has 1 aliphatic rings. The molecule has 4 aromatic heterocycles. The summed E-state index contributed by atoms with van der Waals surface area (Å²) in [5.41, 5.74) is 2.65. The number of hydrogen-bond acceptors (Lipinski definition) is 11. The van der Waals surface area contributed by atoms with Gasteiger partial charge in [0, 0.05) is 43.5 Å². The van der Waals surface area contributed by atoms with Crippen LogP contribution in [0, 0.1) is 12.7 Å². The minimum atomic E-state index is -4.64. The van der Waals surface area contributed by atoms with E-state index in [-0.39, 0.29) is 11.2 Å². The molecule has 0 saturated carbocycles. The number of nitrogens with zero attached hydrogens (tertiary/aromatic N) is 8. The van der Waals surface area contributed by atoms with Gasteiger partial charge in [0.2, 0.25) is 12.2 Å². The van der Waals surface area contributed by atoms with Crippen LogP contribution >= 0.6 is 0 Å². The molecule has 0 amide bonds. The third kappa shape index (κ3) is 7.09. The van der Waals surface area contributed by atoms with Crippen molar-refractivity contribution >= 4 is 40.4 Å². The Kier molecular flexibility index (Phi) is 8.04. The number of hydrogen-bond donors (Lipinski definition) is 2. The van der Waals surface area contributed by atoms with E-state index in [9.17, 15) is 13.2 Å². The Labute approximate surface area is 242 Å². The summed E-state index contributed by atoms with van der Waals surface area (Å²) in [6.45, 7) is 8.50. The molecule has 0 spiro atoms. The Hall–Kier alpha value is -4.99. The van der Waals surface area contributed by atoms with Gasteiger partial charge in [0.15, 0.2) is 11.5 Å². The van der Waals surface area contributed by atoms with Gasteiger partial charge in [0.1, 0.15) is 41.0 Å². The number of fused-ring (bicyclic) bond motifs is 2. The first kappa shape index (κ1) is 29.5. The Bertz CT molecular complexity index is 1780. The predicted octanol–water partition coefficient (Wildman–Crippen LogP) is 4.38. The molecule has 5 aromatic rings. The monoisotopic (exact) mass is 598 g/mol. The van der Waals surface area contributed by atoms with E-state index in [0.29, 0.717) is 39.9 Å². The number of aryl methyl sites for hydroxylation is 1. The fourth-order valence-corrected chi connectivity index (χ4v) is 4.38. The molecule has 0 bridgehead atoms. The summed E-state index contributed by atoms with van der Waals surface area (Å²) in [7, 11) is 0. The van der Waals surface area contributed by atoms with E-state index in [1.165, 1.54) is 18.7 Å². The molecule has 0 unspecified atom stereocenters. The standard InChI is InChI=1S/C25H25FN10O.C2HF3O/c1-15-8-18(17(26)10-20(15)37-16-4-6-36-21(9-16)29-14-32-36)33-23-22-19(28-13-30-23)11-27-24(34-22)35-7-5-31-25(2,3)12-35;3-2(4,5)1-6/h4,6,8-11,13-14,31H,5,7,12H2,1-3H3,(H,28,30,33);1H. The molecular weight excluding hydrogens is 572 g/mol. The summed E-state index contributed by atoms with van der Waals surface area (Å²) in [5.74, 6) is 1.42. The molecule has 0 radical (unpaired) electrons. The zero-order chi connectivity index (χ0) is 30.8. The topological polar surface area (TPSA) is 135 Å². The SMILES string of the molecule is Cc1cc(Nc2ncnc3cnc(N4CCNC(C)(C)C4)nc23)c(F)cc1Oc1ccn2ncnc2c1.O=CC(F)(F)F. The van der Waals surface area contributed by atoms with Crippen LogP contribution in [0.1, 0.15) is 19.4 Å². The maximum Gasteiger partial charge on any atom is 0.446 e. The summed E-state index contributed by atoms with van der Waals surface area (Å²) >= 11 is 0. The van der Waals surface area contributed by atoms with E-state index >= 15 is 4.39 Å². The number of aromatic nitrogens is 7. The molecule has 1 aliphatic heterocycles. The molecular formula is C27H26F4N10O2. The van der Waals surface area contributed by atoms with Gasteiger partial charge in [-0.15, -0.1) is 0 Å². The molecule has 2 N–H and O–H groups in total. The number of aldehydes is 1. The third-order valence-electron chi connectivity index (χ3n) is 6.35. The van der Waals surface area contributed by atoms with Crippen molar-refractivity contribution < 1.29 is 27.1 Å². The second-order valence-electron chi connectivity index (χ2n) is 10.3. The number of anilines is 3. The molecule has 224 valence electrons. The van der Waals surface area contributed by atoms with Crippen molar-refractivity contribution in [3.05, 3.63) is 60.7 Å². The fourth-order valence-electron chi connectivity index (χ4n) is 4.38. The lowest BCUT2D eigenvalue weighted by molar-refractivity contribution is -0.156. The average Bonchev–Trinajstić information content (AvgIpc) is 3.43. The molecule has 1 saturated heterocycles. The first-order valence-electron chi connectivity index (χ1n) is 13.0. The number of halogens is 4. The summed E-state index contributed by atoms with van der Waals surface area (Å²) in [4.78, 5) is 32.9. The minimum Gasteiger partial charge on any atom is -0.457 e. The van der Waals surface area contributed by atoms with Gasteiger partial charge in [-0.1, -0.05) is 0 Å². The Morgan fingerprint density at radius 3 is 2.65 bits per heavy atom. The molecule has 5 heterocycles. The zero-order valence-electron chi connectivity index (χ0n) is 23.2. The number of benzene rings is 1. The average molecular weight is 599 g/mol. The van der Waals surface area contributed by atoms with Gasteiger partial charge in [0.05, 0.1) is 11.9 Å². The number of alkyl halides is 3. The summed E-state index contributed by atoms with van der Waals surface area (Å²) in [6, 6.07) is 6.50. The number of carbonyl (C=O) groups excluding carboxylic acids is 1. The van der Waals surface area contributed by atoms with Crippen molar-refractivity contribution in [3.63, 3.8) is 0 Å². The van der Waals surface area contributed by atoms with Crippen LogP contribution in [0.15, 0.2) is 49.3 Å². The molecule has 0 aliphatic carbocycles. The Morgan fingerprint density at radius 2 is 1.91 bits per heavy atom. The van der Waals surface area contributed by atoms with E-state index in [1.54, 1.807) is 35.1 Å². The van der Waals surface area contributed by atoms with E-state index < -0.39 is 18.3 Å². The highest BCUT2D eigenvalue weighted by molar-refractivity contribution is 5.87. The quantitative estimate of drug-likeness (QED) is 0.220. The predicted molar refractivity (Wildman–Crippen MR) is 149 cm³/mol. The Balaban J connectivity index is 0.000000559. The van der Waals surface area contributed by atoms with Crippen LogP contribution in [0.5, 0.6) is 11.5 Å². The van der Waals surface area contributed by atoms with E-state index in [4.69, 9.17) is 14.5 Å². The molecule has 12 nitrogen and oxygen atoms in total. The summed E-state index contributed by atoms with van der Waals surface area (Å²) < 4.78 is 54.0. The number of nitrogens with one attached hydrogen (secondary N) is 2. The van der Waals surface area contributed by atoms with Gasteiger partial charge >= 0.3 is 6.18 Å². The van der Waals surface area contributed by atoms with Crippen LogP contribution in [-0.2, 0) is 4.79 Å². The van der Waals surface area contributed by atoms with Gasteiger partial charge in [-0.3, -0.25) is 4.79 Å². The maximum atomic E-state index is 15.2. The maximum absolute atomic E-state index is 15.2. The molecule has 1 aromatic carbocycles. The smallest absolute Gasteiger partial charge is 0.446 e. The van der Waals surface area contributed by atoms with Crippen molar-refractivity contribution in [1.82, 2.24) is 39.9 Å². The summed E-state index contributed by atoms with van der Waals surface area (Å²) in [6.07, 6.45) is 0.568. The number of pyridine rings is 1. The van der Waals surface area contributed by atoms with Crippen LogP contribution in [0.2, 0.25) is 0 Å². The first-order chi connectivity index (χ1) is 20.4. The van der Waals surface area contributed by atoms with Crippen molar-refractivity contribution in [1.29, 1.82) is 0 Å². The fraction of sp³-hybridized carbons (Fsp3) is 0.296. The molecule has 0 atom stereocenters. The van der Waals surface area contributed by atoms with Gasteiger partial charge in [0.25, 0.3) is 0 Å². The van der Waals surface area contributed by atoms with Crippen LogP contribution < -0.4 is 20.3 Å². The highest BCUT2D eigenvalue weighted by atomic mass is 19.4. The first-order valence-corrected chi connectivity index (χ1v) is 13.0. The number of ether oxygens (including phenoxy) is 1. The van der Waals surface area contributed by atoms with Crippen LogP contribution in [-0.4, -0.2) is 72.2 Å². The lowest BCUT2D eigenvalue weighted by atomic mass is 10.0. The van der Waals surface area contributed by atoms with E-state index in [2.05, 4.69) is 54.4 Å². The van der Waals surface area contributed by atoms with E-state index in [0.717, 1.165) is 25.2 Å². The van der Waals surface area contributed by atoms with Gasteiger partial charge in [-0.2, -0.15) is 18.3 Å². The van der Waals surface area contributed by atoms with Crippen LogP contribution in [0.25, 0.3) is 16.7 Å². The molecule has 6 rings (SSSR count). The number of carbonyl (C=O) groups is 1. The van der Waals surface area contributed by atoms with Gasteiger partial charge < -0.3 is 20.3 Å². The zero-order valence-corrected chi connectivity index (χ0v) is 23.2. The van der Waals surface area contributed by atoms with E-state index in [1.807, 2.05) is 6.92 Å². The lowest BCUT2D eigenvalue weighted by Crippen LogP contribution is -2.57. The summed E-state index contributed by atoms with van der Waals surface area (Å²) in [5, 5.41) is 10.6. The van der Waals surface area contributed by atoms with Crippen LogP contribution in [0.3, 0.4) is 0 Å². The van der Waals surface area contributed by atoms with Crippen molar-refractivity contribution in [3.8, 4) is 11.5 Å². The molecule has 16 heteroatoms. The third-order valence-corrected chi connectivity index (χ3v) is 6.35. The lowest BCUT2D eigenvalue weighted by Gasteiger charge is -2.39. The second kappa shape index (κ2) is 11.7. The normalized spacial score (nSPS) is 14.7.